The number of nitrogens with zero attached hydrogens (tertiary/aromatic N) is 1. The molecule has 5 nitrogen and oxygen atoms in total. The van der Waals surface area contributed by atoms with Crippen molar-refractivity contribution in [3.05, 3.63) is 33.8 Å². The maximum Gasteiger partial charge on any atom is 0.242 e. The number of carbonyl (C=O) groups is 2. The second kappa shape index (κ2) is 9.02. The Balaban J connectivity index is 0.00000361. The van der Waals surface area contributed by atoms with E-state index in [4.69, 9.17) is 28.9 Å². The van der Waals surface area contributed by atoms with Gasteiger partial charge in [0.25, 0.3) is 0 Å². The van der Waals surface area contributed by atoms with E-state index in [-0.39, 0.29) is 37.3 Å². The van der Waals surface area contributed by atoms with Gasteiger partial charge in [-0.3, -0.25) is 9.59 Å². The summed E-state index contributed by atoms with van der Waals surface area (Å²) in [5.41, 5.74) is 5.94. The topological polar surface area (TPSA) is 75.4 Å². The van der Waals surface area contributed by atoms with Gasteiger partial charge in [0, 0.05) is 23.6 Å². The Labute approximate surface area is 133 Å². The quantitative estimate of drug-likeness (QED) is 0.852. The van der Waals surface area contributed by atoms with Crippen LogP contribution >= 0.6 is 35.6 Å². The zero-order valence-electron chi connectivity index (χ0n) is 10.9. The first-order valence-electron chi connectivity index (χ1n) is 5.58. The molecule has 0 aliphatic carbocycles. The molecule has 1 aromatic carbocycles. The first kappa shape index (κ1) is 19.0. The Morgan fingerprint density at radius 2 is 1.80 bits per heavy atom. The molecule has 8 heteroatoms. The van der Waals surface area contributed by atoms with Gasteiger partial charge in [0.05, 0.1) is 13.1 Å². The molecule has 112 valence electrons. The van der Waals surface area contributed by atoms with Gasteiger partial charge in [-0.25, -0.2) is 0 Å². The third-order valence-corrected chi connectivity index (χ3v) is 2.83. The van der Waals surface area contributed by atoms with Crippen molar-refractivity contribution in [2.45, 2.75) is 6.54 Å². The number of nitrogens with two attached hydrogens (primary N) is 1. The highest BCUT2D eigenvalue weighted by atomic mass is 35.5. The summed E-state index contributed by atoms with van der Waals surface area (Å²) in [5.74, 6) is -0.592. The molecule has 2 amide bonds. The highest BCUT2D eigenvalue weighted by Crippen LogP contribution is 2.19. The van der Waals surface area contributed by atoms with Crippen LogP contribution in [-0.4, -0.2) is 36.9 Å². The summed E-state index contributed by atoms with van der Waals surface area (Å²) >= 11 is 11.8. The van der Waals surface area contributed by atoms with Crippen LogP contribution in [0.4, 0.5) is 0 Å². The number of amides is 2. The molecule has 0 saturated carbocycles. The van der Waals surface area contributed by atoms with Crippen LogP contribution in [0.25, 0.3) is 0 Å². The van der Waals surface area contributed by atoms with Crippen LogP contribution in [0, 0.1) is 0 Å². The van der Waals surface area contributed by atoms with Gasteiger partial charge in [0.15, 0.2) is 0 Å². The summed E-state index contributed by atoms with van der Waals surface area (Å²) in [6, 6.07) is 5.08. The monoisotopic (exact) mass is 339 g/mol. The van der Waals surface area contributed by atoms with Crippen LogP contribution in [-0.2, 0) is 16.1 Å². The average molecular weight is 341 g/mol. The number of carbonyl (C=O) groups excluding carboxylic acids is 2. The summed E-state index contributed by atoms with van der Waals surface area (Å²) in [7, 11) is 1.63. The lowest BCUT2D eigenvalue weighted by Gasteiger charge is -2.17. The third kappa shape index (κ3) is 6.43. The first-order valence-corrected chi connectivity index (χ1v) is 6.33. The number of nitrogens with one attached hydrogen (secondary N) is 1. The number of hydrogen-bond donors (Lipinski definition) is 2. The summed E-state index contributed by atoms with van der Waals surface area (Å²) in [4.78, 5) is 24.2. The Morgan fingerprint density at radius 1 is 1.25 bits per heavy atom. The second-order valence-electron chi connectivity index (χ2n) is 4.01. The molecule has 0 bridgehead atoms. The van der Waals surface area contributed by atoms with Crippen LogP contribution in [0.2, 0.25) is 10.0 Å². The van der Waals surface area contributed by atoms with Crippen molar-refractivity contribution < 1.29 is 9.59 Å². The molecule has 0 fully saturated rings. The van der Waals surface area contributed by atoms with E-state index in [1.54, 1.807) is 25.2 Å². The Morgan fingerprint density at radius 3 is 2.30 bits per heavy atom. The fourth-order valence-electron chi connectivity index (χ4n) is 1.45. The lowest BCUT2D eigenvalue weighted by atomic mass is 10.2. The van der Waals surface area contributed by atoms with E-state index in [0.29, 0.717) is 16.6 Å². The van der Waals surface area contributed by atoms with E-state index in [1.165, 1.54) is 4.90 Å². The third-order valence-electron chi connectivity index (χ3n) is 2.39. The predicted octanol–water partition coefficient (Wildman–Crippen LogP) is 1.45. The minimum atomic E-state index is -0.368. The Bertz CT molecular complexity index is 463. The molecule has 20 heavy (non-hydrogen) atoms. The lowest BCUT2D eigenvalue weighted by Crippen LogP contribution is -2.40. The maximum absolute atomic E-state index is 11.7. The van der Waals surface area contributed by atoms with Crippen LogP contribution in [0.5, 0.6) is 0 Å². The minimum absolute atomic E-state index is 0. The smallest absolute Gasteiger partial charge is 0.242 e. The number of benzene rings is 1. The first-order chi connectivity index (χ1) is 8.92. The summed E-state index contributed by atoms with van der Waals surface area (Å²) in [5, 5.41) is 3.44. The van der Waals surface area contributed by atoms with Crippen molar-refractivity contribution in [1.82, 2.24) is 10.2 Å². The standard InChI is InChI=1S/C12H15Cl2N3O2.ClH/c1-17(12(19)6-16-11(18)5-15)7-8-2-9(13)4-10(14)3-8;/h2-4H,5-7,15H2,1H3,(H,16,18);1H. The van der Waals surface area contributed by atoms with Crippen LogP contribution in [0.1, 0.15) is 5.56 Å². The number of likely N-dealkylation sites (N-methyl/N-ethyl adjacent to an activating group) is 1. The fraction of sp³-hybridized carbons (Fsp3) is 0.333. The summed E-state index contributed by atoms with van der Waals surface area (Å²) in [6.07, 6.45) is 0. The van der Waals surface area contributed by atoms with Gasteiger partial charge in [-0.15, -0.1) is 12.4 Å². The highest BCUT2D eigenvalue weighted by molar-refractivity contribution is 6.34. The fourth-order valence-corrected chi connectivity index (χ4v) is 2.02. The molecule has 0 aliphatic heterocycles. The normalized spacial score (nSPS) is 9.60. The van der Waals surface area contributed by atoms with Crippen molar-refractivity contribution in [2.75, 3.05) is 20.1 Å². The van der Waals surface area contributed by atoms with Gasteiger partial charge in [-0.05, 0) is 23.8 Å². The van der Waals surface area contributed by atoms with Crippen molar-refractivity contribution in [1.29, 1.82) is 0 Å². The molecule has 0 unspecified atom stereocenters. The molecule has 0 radical (unpaired) electrons. The van der Waals surface area contributed by atoms with Crippen molar-refractivity contribution >= 4 is 47.4 Å². The summed E-state index contributed by atoms with van der Waals surface area (Å²) < 4.78 is 0. The van der Waals surface area contributed by atoms with E-state index in [2.05, 4.69) is 5.32 Å². The molecule has 1 rings (SSSR count). The lowest BCUT2D eigenvalue weighted by molar-refractivity contribution is -0.131. The van der Waals surface area contributed by atoms with Gasteiger partial charge in [0.1, 0.15) is 0 Å². The van der Waals surface area contributed by atoms with Gasteiger partial charge < -0.3 is 16.0 Å². The zero-order chi connectivity index (χ0) is 14.4. The largest absolute Gasteiger partial charge is 0.346 e. The van der Waals surface area contributed by atoms with Gasteiger partial charge in [-0.2, -0.15) is 0 Å². The SMILES string of the molecule is CN(Cc1cc(Cl)cc(Cl)c1)C(=O)CNC(=O)CN.Cl. The molecule has 0 atom stereocenters. The van der Waals surface area contributed by atoms with E-state index in [0.717, 1.165) is 5.56 Å². The second-order valence-corrected chi connectivity index (χ2v) is 4.88. The molecule has 3 N–H and O–H groups in total. The van der Waals surface area contributed by atoms with Crippen molar-refractivity contribution in [2.24, 2.45) is 5.73 Å². The highest BCUT2D eigenvalue weighted by Gasteiger charge is 2.11. The van der Waals surface area contributed by atoms with Crippen LogP contribution in [0.3, 0.4) is 0 Å². The summed E-state index contributed by atoms with van der Waals surface area (Å²) in [6.45, 7) is 0.138. The molecule has 0 heterocycles. The number of rotatable bonds is 5. The van der Waals surface area contributed by atoms with Crippen molar-refractivity contribution in [3.63, 3.8) is 0 Å². The molecule has 0 aliphatic rings. The molecule has 0 saturated heterocycles. The van der Waals surface area contributed by atoms with E-state index in [1.807, 2.05) is 0 Å². The predicted molar refractivity (Wildman–Crippen MR) is 82.2 cm³/mol. The average Bonchev–Trinajstić information content (AvgIpc) is 2.33. The molecule has 1 aromatic rings. The number of hydrogen-bond acceptors (Lipinski definition) is 3. The van der Waals surface area contributed by atoms with Crippen molar-refractivity contribution in [3.8, 4) is 0 Å². The van der Waals surface area contributed by atoms with Gasteiger partial charge in [0.2, 0.25) is 11.8 Å². The zero-order valence-corrected chi connectivity index (χ0v) is 13.2. The van der Waals surface area contributed by atoms with Gasteiger partial charge >= 0.3 is 0 Å². The molecule has 0 spiro atoms. The maximum atomic E-state index is 11.7. The van der Waals surface area contributed by atoms with Crippen LogP contribution in [0.15, 0.2) is 18.2 Å². The van der Waals surface area contributed by atoms with E-state index < -0.39 is 0 Å². The molecule has 0 aromatic heterocycles. The van der Waals surface area contributed by atoms with E-state index >= 15 is 0 Å². The van der Waals surface area contributed by atoms with Crippen LogP contribution < -0.4 is 11.1 Å². The Kier molecular flexibility index (Phi) is 8.57. The minimum Gasteiger partial charge on any atom is -0.346 e. The van der Waals surface area contributed by atoms with E-state index in [9.17, 15) is 9.59 Å². The van der Waals surface area contributed by atoms with Gasteiger partial charge in [-0.1, -0.05) is 23.2 Å². The molecular formula is C12H16Cl3N3O2. The molecular weight excluding hydrogens is 325 g/mol. The number of halogens is 3. The Hall–Kier alpha value is -1.01.